The molecule has 1 aliphatic rings. The quantitative estimate of drug-likeness (QED) is 0.433. The summed E-state index contributed by atoms with van der Waals surface area (Å²) in [6.45, 7) is 3.59. The lowest BCUT2D eigenvalue weighted by Gasteiger charge is -2.36. The molecule has 188 valence electrons. The topological polar surface area (TPSA) is 84.9 Å². The maximum atomic E-state index is 14.6. The first-order valence-electron chi connectivity index (χ1n) is 11.4. The lowest BCUT2D eigenvalue weighted by atomic mass is 9.72. The molecule has 0 saturated heterocycles. The number of nitrogens with one attached hydrogen (secondary N) is 1. The second kappa shape index (κ2) is 9.70. The van der Waals surface area contributed by atoms with E-state index >= 15 is 0 Å². The van der Waals surface area contributed by atoms with Crippen LogP contribution in [0.2, 0.25) is 0 Å². The highest BCUT2D eigenvalue weighted by atomic mass is 19.1. The summed E-state index contributed by atoms with van der Waals surface area (Å²) in [5.41, 5.74) is -1.06. The van der Waals surface area contributed by atoms with Crippen LogP contribution in [-0.4, -0.2) is 29.7 Å². The van der Waals surface area contributed by atoms with E-state index in [2.05, 4.69) is 5.32 Å². The Morgan fingerprint density at radius 3 is 2.58 bits per heavy atom. The normalized spacial score (nSPS) is 14.6. The maximum Gasteiger partial charge on any atom is 0.338 e. The molecule has 36 heavy (non-hydrogen) atoms. The summed E-state index contributed by atoms with van der Waals surface area (Å²) in [6.07, 6.45) is -0.494. The molecule has 6 nitrogen and oxygen atoms in total. The summed E-state index contributed by atoms with van der Waals surface area (Å²) >= 11 is 0. The van der Waals surface area contributed by atoms with Crippen LogP contribution >= 0.6 is 0 Å². The summed E-state index contributed by atoms with van der Waals surface area (Å²) in [6, 6.07) is 14.6. The fraction of sp³-hybridized carbons (Fsp3) is 0.286. The Morgan fingerprint density at radius 2 is 1.86 bits per heavy atom. The van der Waals surface area contributed by atoms with Gasteiger partial charge in [0, 0.05) is 23.2 Å². The summed E-state index contributed by atoms with van der Waals surface area (Å²) in [4.78, 5) is 25.3. The van der Waals surface area contributed by atoms with E-state index < -0.39 is 34.5 Å². The third kappa shape index (κ3) is 5.09. The summed E-state index contributed by atoms with van der Waals surface area (Å²) in [5.74, 6) is -1.85. The number of hydrogen-bond donors (Lipinski definition) is 2. The van der Waals surface area contributed by atoms with Gasteiger partial charge in [-0.2, -0.15) is 0 Å². The molecule has 1 unspecified atom stereocenters. The molecule has 3 aromatic carbocycles. The Hall–Kier alpha value is -3.78. The van der Waals surface area contributed by atoms with Crippen molar-refractivity contribution in [3.63, 3.8) is 0 Å². The largest absolute Gasteiger partial charge is 0.496 e. The minimum Gasteiger partial charge on any atom is -0.496 e. The number of carbonyl (C=O) groups is 2. The number of anilines is 1. The number of ether oxygens (including phenoxy) is 2. The zero-order chi connectivity index (χ0) is 26.1. The van der Waals surface area contributed by atoms with Gasteiger partial charge in [0.1, 0.15) is 29.6 Å². The van der Waals surface area contributed by atoms with Crippen molar-refractivity contribution in [1.82, 2.24) is 0 Å². The summed E-state index contributed by atoms with van der Waals surface area (Å²) < 4.78 is 39.1. The molecule has 0 aromatic heterocycles. The van der Waals surface area contributed by atoms with Gasteiger partial charge in [0.25, 0.3) is 5.91 Å². The van der Waals surface area contributed by atoms with Gasteiger partial charge in [-0.05, 0) is 59.9 Å². The number of carbonyl (C=O) groups excluding carboxylic acids is 2. The molecule has 3 aromatic rings. The lowest BCUT2D eigenvalue weighted by molar-refractivity contribution is -0.136. The van der Waals surface area contributed by atoms with Gasteiger partial charge in [-0.3, -0.25) is 4.79 Å². The van der Waals surface area contributed by atoms with Crippen LogP contribution in [-0.2, 0) is 28.0 Å². The molecule has 4 rings (SSSR count). The van der Waals surface area contributed by atoms with Gasteiger partial charge in [0.2, 0.25) is 0 Å². The van der Waals surface area contributed by atoms with E-state index in [1.807, 2.05) is 0 Å². The van der Waals surface area contributed by atoms with Crippen molar-refractivity contribution in [3.05, 3.63) is 94.6 Å². The van der Waals surface area contributed by atoms with E-state index in [0.717, 1.165) is 0 Å². The number of aliphatic hydroxyl groups is 1. The molecule has 1 amide bonds. The number of methoxy groups -OCH3 is 1. The van der Waals surface area contributed by atoms with E-state index in [0.29, 0.717) is 28.1 Å². The van der Waals surface area contributed by atoms with E-state index in [4.69, 9.17) is 9.47 Å². The number of rotatable bonds is 8. The molecule has 8 heteroatoms. The molecule has 0 fully saturated rings. The molecule has 0 saturated carbocycles. The summed E-state index contributed by atoms with van der Waals surface area (Å²) in [7, 11) is 1.45. The van der Waals surface area contributed by atoms with Crippen molar-refractivity contribution in [2.75, 3.05) is 12.4 Å². The van der Waals surface area contributed by atoms with E-state index in [1.165, 1.54) is 55.6 Å². The average Bonchev–Trinajstić information content (AvgIpc) is 3.20. The van der Waals surface area contributed by atoms with Crippen LogP contribution < -0.4 is 10.1 Å². The van der Waals surface area contributed by atoms with Crippen molar-refractivity contribution < 1.29 is 33.0 Å². The van der Waals surface area contributed by atoms with Crippen molar-refractivity contribution in [1.29, 1.82) is 0 Å². The molecular weight excluding hydrogens is 468 g/mol. The molecule has 1 atom stereocenters. The first kappa shape index (κ1) is 25.3. The molecule has 0 radical (unpaired) electrons. The number of esters is 1. The maximum absolute atomic E-state index is 14.6. The standard InChI is InChI=1S/C28H27F2NO5/c1-27(2,22-13-19(29)8-11-24(22)35-3)16-28(34,14-17-6-4-5-7-23(17)30)26(33)31-20-9-10-21-18(12-20)15-36-25(21)32/h4-13,34H,14-16H2,1-3H3,(H,31,33). The smallest absolute Gasteiger partial charge is 0.338 e. The average molecular weight is 496 g/mol. The molecule has 0 bridgehead atoms. The van der Waals surface area contributed by atoms with Crippen molar-refractivity contribution >= 4 is 17.6 Å². The van der Waals surface area contributed by atoms with Gasteiger partial charge in [-0.15, -0.1) is 0 Å². The van der Waals surface area contributed by atoms with E-state index in [9.17, 15) is 23.5 Å². The van der Waals surface area contributed by atoms with Crippen molar-refractivity contribution in [3.8, 4) is 5.75 Å². The third-order valence-corrected chi connectivity index (χ3v) is 6.43. The van der Waals surface area contributed by atoms with Crippen molar-refractivity contribution in [2.45, 2.75) is 44.3 Å². The lowest BCUT2D eigenvalue weighted by Crippen LogP contribution is -2.49. The zero-order valence-electron chi connectivity index (χ0n) is 20.2. The molecule has 0 spiro atoms. The zero-order valence-corrected chi connectivity index (χ0v) is 20.2. The van der Waals surface area contributed by atoms with Crippen LogP contribution in [0.15, 0.2) is 60.7 Å². The number of benzene rings is 3. The fourth-order valence-corrected chi connectivity index (χ4v) is 4.67. The van der Waals surface area contributed by atoms with Crippen LogP contribution in [0.1, 0.15) is 47.3 Å². The number of fused-ring (bicyclic) bond motifs is 1. The Morgan fingerprint density at radius 1 is 1.11 bits per heavy atom. The minimum absolute atomic E-state index is 0.0871. The second-order valence-electron chi connectivity index (χ2n) is 9.61. The number of cyclic esters (lactones) is 1. The van der Waals surface area contributed by atoms with Crippen LogP contribution in [0.4, 0.5) is 14.5 Å². The summed E-state index contributed by atoms with van der Waals surface area (Å²) in [5, 5.41) is 14.5. The van der Waals surface area contributed by atoms with E-state index in [1.54, 1.807) is 26.0 Å². The molecule has 1 heterocycles. The predicted octanol–water partition coefficient (Wildman–Crippen LogP) is 4.92. The van der Waals surface area contributed by atoms with Crippen LogP contribution in [0.5, 0.6) is 5.75 Å². The monoisotopic (exact) mass is 495 g/mol. The predicted molar refractivity (Wildman–Crippen MR) is 130 cm³/mol. The molecular formula is C28H27F2NO5. The van der Waals surface area contributed by atoms with Gasteiger partial charge < -0.3 is 19.9 Å². The highest BCUT2D eigenvalue weighted by molar-refractivity contribution is 5.99. The van der Waals surface area contributed by atoms with Gasteiger partial charge >= 0.3 is 5.97 Å². The molecule has 0 aliphatic carbocycles. The highest BCUT2D eigenvalue weighted by Gasteiger charge is 2.43. The van der Waals surface area contributed by atoms with Gasteiger partial charge in [0.05, 0.1) is 12.7 Å². The second-order valence-corrected chi connectivity index (χ2v) is 9.61. The van der Waals surface area contributed by atoms with Gasteiger partial charge in [-0.1, -0.05) is 32.0 Å². The fourth-order valence-electron chi connectivity index (χ4n) is 4.67. The number of halogens is 2. The Kier molecular flexibility index (Phi) is 6.82. The van der Waals surface area contributed by atoms with Crippen LogP contribution in [0.25, 0.3) is 0 Å². The molecule has 2 N–H and O–H groups in total. The number of hydrogen-bond acceptors (Lipinski definition) is 5. The minimum atomic E-state index is -2.09. The molecule has 1 aliphatic heterocycles. The van der Waals surface area contributed by atoms with Crippen LogP contribution in [0, 0.1) is 11.6 Å². The Bertz CT molecular complexity index is 1320. The van der Waals surface area contributed by atoms with Gasteiger partial charge in [0.15, 0.2) is 0 Å². The highest BCUT2D eigenvalue weighted by Crippen LogP contribution is 2.40. The first-order chi connectivity index (χ1) is 17.0. The Labute approximate surface area is 207 Å². The number of amides is 1. The third-order valence-electron chi connectivity index (χ3n) is 6.43. The van der Waals surface area contributed by atoms with Crippen molar-refractivity contribution in [2.24, 2.45) is 0 Å². The van der Waals surface area contributed by atoms with E-state index in [-0.39, 0.29) is 25.0 Å². The van der Waals surface area contributed by atoms with Gasteiger partial charge in [-0.25, -0.2) is 13.6 Å². The first-order valence-corrected chi connectivity index (χ1v) is 11.4. The van der Waals surface area contributed by atoms with Crippen LogP contribution in [0.3, 0.4) is 0 Å². The Balaban J connectivity index is 1.69. The SMILES string of the molecule is COc1ccc(F)cc1C(C)(C)CC(O)(Cc1ccccc1F)C(=O)Nc1ccc2c(c1)COC2=O.